The molecule has 0 bridgehead atoms. The molecule has 0 aliphatic heterocycles. The van der Waals surface area contributed by atoms with Crippen molar-refractivity contribution in [3.63, 3.8) is 0 Å². The van der Waals surface area contributed by atoms with Gasteiger partial charge in [-0.1, -0.05) is 6.07 Å². The van der Waals surface area contributed by atoms with Gasteiger partial charge in [-0.3, -0.25) is 4.79 Å². The molecular weight excluding hydrogens is 344 g/mol. The molecule has 0 fully saturated rings. The average Bonchev–Trinajstić information content (AvgIpc) is 3.25. The molecule has 24 heavy (non-hydrogen) atoms. The van der Waals surface area contributed by atoms with Crippen molar-refractivity contribution < 1.29 is 14.3 Å². The Hall–Kier alpha value is -2.38. The summed E-state index contributed by atoms with van der Waals surface area (Å²) in [5, 5.41) is 7.72. The molecule has 5 nitrogen and oxygen atoms in total. The Bertz CT molecular complexity index is 806. The van der Waals surface area contributed by atoms with Gasteiger partial charge in [-0.15, -0.1) is 22.7 Å². The number of anilines is 1. The quantitative estimate of drug-likeness (QED) is 0.720. The average molecular weight is 360 g/mol. The van der Waals surface area contributed by atoms with E-state index in [-0.39, 0.29) is 12.3 Å². The van der Waals surface area contributed by atoms with Crippen LogP contribution in [0.3, 0.4) is 0 Å². The number of aromatic nitrogens is 1. The molecule has 124 valence electrons. The van der Waals surface area contributed by atoms with Crippen LogP contribution < -0.4 is 14.8 Å². The number of methoxy groups -OCH3 is 2. The van der Waals surface area contributed by atoms with Crippen LogP contribution in [-0.2, 0) is 11.2 Å². The van der Waals surface area contributed by atoms with Gasteiger partial charge in [-0.05, 0) is 11.4 Å². The van der Waals surface area contributed by atoms with Gasteiger partial charge in [0.25, 0.3) is 0 Å². The van der Waals surface area contributed by atoms with Crippen molar-refractivity contribution >= 4 is 34.3 Å². The van der Waals surface area contributed by atoms with Gasteiger partial charge in [0.1, 0.15) is 16.5 Å². The number of hydrogen-bond donors (Lipinski definition) is 1. The highest BCUT2D eigenvalue weighted by molar-refractivity contribution is 7.20. The highest BCUT2D eigenvalue weighted by Gasteiger charge is 2.11. The van der Waals surface area contributed by atoms with Crippen LogP contribution in [0.15, 0.2) is 41.1 Å². The van der Waals surface area contributed by atoms with Crippen LogP contribution in [0.5, 0.6) is 11.5 Å². The van der Waals surface area contributed by atoms with Crippen molar-refractivity contribution in [1.82, 2.24) is 4.98 Å². The highest BCUT2D eigenvalue weighted by atomic mass is 32.1. The fraction of sp³-hybridized carbons (Fsp3) is 0.176. The summed E-state index contributed by atoms with van der Waals surface area (Å²) in [6, 6.07) is 9.26. The Morgan fingerprint density at radius 2 is 1.92 bits per heavy atom. The number of carbonyl (C=O) groups excluding carboxylic acids is 1. The third-order valence-electron chi connectivity index (χ3n) is 3.26. The van der Waals surface area contributed by atoms with Gasteiger partial charge < -0.3 is 14.8 Å². The summed E-state index contributed by atoms with van der Waals surface area (Å²) in [5.74, 6) is 1.12. The van der Waals surface area contributed by atoms with Crippen molar-refractivity contribution in [3.8, 4) is 21.4 Å². The Labute approximate surface area is 147 Å². The van der Waals surface area contributed by atoms with Gasteiger partial charge in [0, 0.05) is 29.3 Å². The molecule has 1 amide bonds. The van der Waals surface area contributed by atoms with Crippen molar-refractivity contribution in [2.45, 2.75) is 6.42 Å². The van der Waals surface area contributed by atoms with Crippen molar-refractivity contribution in [3.05, 3.63) is 46.8 Å². The predicted octanol–water partition coefficient (Wildman–Crippen LogP) is 4.07. The van der Waals surface area contributed by atoms with E-state index in [0.717, 1.165) is 15.6 Å². The summed E-state index contributed by atoms with van der Waals surface area (Å²) >= 11 is 3.19. The predicted molar refractivity (Wildman–Crippen MR) is 97.3 cm³/mol. The SMILES string of the molecule is COc1cc(NC(=O)Cc2csc(-c3cccs3)n2)cc(OC)c1. The number of thiophene rings is 1. The first-order chi connectivity index (χ1) is 11.7. The smallest absolute Gasteiger partial charge is 0.230 e. The molecule has 0 saturated heterocycles. The molecule has 2 heterocycles. The van der Waals surface area contributed by atoms with E-state index in [0.29, 0.717) is 17.2 Å². The summed E-state index contributed by atoms with van der Waals surface area (Å²) < 4.78 is 10.4. The molecule has 2 aromatic heterocycles. The number of amides is 1. The fourth-order valence-corrected chi connectivity index (χ4v) is 3.78. The molecule has 1 N–H and O–H groups in total. The summed E-state index contributed by atoms with van der Waals surface area (Å²) in [6.45, 7) is 0. The van der Waals surface area contributed by atoms with E-state index in [1.807, 2.05) is 22.9 Å². The lowest BCUT2D eigenvalue weighted by molar-refractivity contribution is -0.115. The van der Waals surface area contributed by atoms with Gasteiger partial charge >= 0.3 is 0 Å². The number of benzene rings is 1. The minimum absolute atomic E-state index is 0.131. The zero-order valence-electron chi connectivity index (χ0n) is 13.2. The highest BCUT2D eigenvalue weighted by Crippen LogP contribution is 2.28. The van der Waals surface area contributed by atoms with Crippen LogP contribution in [0.1, 0.15) is 5.69 Å². The van der Waals surface area contributed by atoms with Gasteiger partial charge in [-0.25, -0.2) is 4.98 Å². The lowest BCUT2D eigenvalue weighted by atomic mass is 10.2. The second kappa shape index (κ2) is 7.46. The molecule has 1 aromatic carbocycles. The van der Waals surface area contributed by atoms with Gasteiger partial charge in [-0.2, -0.15) is 0 Å². The summed E-state index contributed by atoms with van der Waals surface area (Å²) in [5.41, 5.74) is 1.39. The maximum Gasteiger partial charge on any atom is 0.230 e. The van der Waals surface area contributed by atoms with Crippen LogP contribution in [-0.4, -0.2) is 25.1 Å². The number of hydrogen-bond acceptors (Lipinski definition) is 6. The number of nitrogens with one attached hydrogen (secondary N) is 1. The summed E-state index contributed by atoms with van der Waals surface area (Å²) in [7, 11) is 3.14. The molecule has 7 heteroatoms. The van der Waals surface area contributed by atoms with Crippen LogP contribution in [0.25, 0.3) is 9.88 Å². The third kappa shape index (κ3) is 3.93. The number of nitrogens with zero attached hydrogens (tertiary/aromatic N) is 1. The Kier molecular flexibility index (Phi) is 5.12. The molecular formula is C17H16N2O3S2. The maximum absolute atomic E-state index is 12.3. The zero-order valence-corrected chi connectivity index (χ0v) is 14.9. The lowest BCUT2D eigenvalue weighted by Crippen LogP contribution is -2.14. The molecule has 3 aromatic rings. The fourth-order valence-electron chi connectivity index (χ4n) is 2.15. The molecule has 0 aliphatic carbocycles. The van der Waals surface area contributed by atoms with Crippen molar-refractivity contribution in [2.75, 3.05) is 19.5 Å². The van der Waals surface area contributed by atoms with Crippen LogP contribution in [0.2, 0.25) is 0 Å². The van der Waals surface area contributed by atoms with E-state index in [2.05, 4.69) is 10.3 Å². The van der Waals surface area contributed by atoms with E-state index in [9.17, 15) is 4.79 Å². The molecule has 0 radical (unpaired) electrons. The van der Waals surface area contributed by atoms with Crippen LogP contribution in [0.4, 0.5) is 5.69 Å². The minimum Gasteiger partial charge on any atom is -0.497 e. The van der Waals surface area contributed by atoms with Crippen molar-refractivity contribution in [2.24, 2.45) is 0 Å². The molecule has 0 aliphatic rings. The van der Waals surface area contributed by atoms with Crippen LogP contribution >= 0.6 is 22.7 Å². The molecule has 0 saturated carbocycles. The minimum atomic E-state index is -0.131. The molecule has 0 unspecified atom stereocenters. The van der Waals surface area contributed by atoms with Crippen molar-refractivity contribution in [1.29, 1.82) is 0 Å². The zero-order chi connectivity index (χ0) is 16.9. The standard InChI is InChI=1S/C17H16N2O3S2/c1-21-13-6-11(7-14(9-13)22-2)18-16(20)8-12-10-24-17(19-12)15-4-3-5-23-15/h3-7,9-10H,8H2,1-2H3,(H,18,20). The number of thiazole rings is 1. The summed E-state index contributed by atoms with van der Waals surface area (Å²) in [4.78, 5) is 17.9. The second-order valence-corrected chi connectivity index (χ2v) is 6.75. The lowest BCUT2D eigenvalue weighted by Gasteiger charge is -2.09. The molecule has 0 atom stereocenters. The largest absolute Gasteiger partial charge is 0.497 e. The van der Waals surface area contributed by atoms with E-state index < -0.39 is 0 Å². The Balaban J connectivity index is 1.68. The molecule has 3 rings (SSSR count). The molecule has 0 spiro atoms. The number of ether oxygens (including phenoxy) is 2. The first kappa shape index (κ1) is 16.5. The van der Waals surface area contributed by atoms with Gasteiger partial charge in [0.15, 0.2) is 0 Å². The monoisotopic (exact) mass is 360 g/mol. The van der Waals surface area contributed by atoms with Crippen LogP contribution in [0, 0.1) is 0 Å². The first-order valence-corrected chi connectivity index (χ1v) is 8.95. The Morgan fingerprint density at radius 3 is 2.54 bits per heavy atom. The van der Waals surface area contributed by atoms with Gasteiger partial charge in [0.2, 0.25) is 5.91 Å². The van der Waals surface area contributed by atoms with Gasteiger partial charge in [0.05, 0.1) is 31.2 Å². The van der Waals surface area contributed by atoms with E-state index in [1.54, 1.807) is 55.1 Å². The van der Waals surface area contributed by atoms with E-state index in [1.165, 1.54) is 0 Å². The normalized spacial score (nSPS) is 10.4. The van der Waals surface area contributed by atoms with E-state index in [4.69, 9.17) is 9.47 Å². The first-order valence-electron chi connectivity index (χ1n) is 7.19. The maximum atomic E-state index is 12.3. The number of carbonyl (C=O) groups is 1. The second-order valence-electron chi connectivity index (χ2n) is 4.95. The number of rotatable bonds is 6. The third-order valence-corrected chi connectivity index (χ3v) is 5.19. The summed E-state index contributed by atoms with van der Waals surface area (Å²) in [6.07, 6.45) is 0.224. The topological polar surface area (TPSA) is 60.5 Å². The Morgan fingerprint density at radius 1 is 1.17 bits per heavy atom. The van der Waals surface area contributed by atoms with E-state index >= 15 is 0 Å².